The minimum atomic E-state index is 0. The van der Waals surface area contributed by atoms with Crippen LogP contribution in [0.4, 0.5) is 0 Å². The maximum absolute atomic E-state index is 4.51. The van der Waals surface area contributed by atoms with Crippen LogP contribution in [0.1, 0.15) is 42.8 Å². The van der Waals surface area contributed by atoms with Gasteiger partial charge in [-0.2, -0.15) is 0 Å². The SMILES string of the molecule is CN=C(NCCC(C)(C)C)NCc1nc(C)c(C)s1.I. The van der Waals surface area contributed by atoms with Gasteiger partial charge in [-0.3, -0.25) is 4.99 Å². The van der Waals surface area contributed by atoms with Crippen molar-refractivity contribution in [1.82, 2.24) is 15.6 Å². The van der Waals surface area contributed by atoms with Gasteiger partial charge in [0.1, 0.15) is 5.01 Å². The number of nitrogens with one attached hydrogen (secondary N) is 2. The fourth-order valence-electron chi connectivity index (χ4n) is 1.55. The van der Waals surface area contributed by atoms with Crippen molar-refractivity contribution in [2.24, 2.45) is 10.4 Å². The van der Waals surface area contributed by atoms with Gasteiger partial charge >= 0.3 is 0 Å². The first kappa shape index (κ1) is 19.6. The van der Waals surface area contributed by atoms with E-state index in [1.165, 1.54) is 4.88 Å². The van der Waals surface area contributed by atoms with Gasteiger partial charge in [-0.1, -0.05) is 20.8 Å². The van der Waals surface area contributed by atoms with Crippen LogP contribution in [-0.4, -0.2) is 24.5 Å². The van der Waals surface area contributed by atoms with Gasteiger partial charge in [0, 0.05) is 18.5 Å². The van der Waals surface area contributed by atoms with Crippen LogP contribution in [-0.2, 0) is 6.54 Å². The summed E-state index contributed by atoms with van der Waals surface area (Å²) in [5.74, 6) is 0.842. The number of rotatable bonds is 4. The van der Waals surface area contributed by atoms with Gasteiger partial charge in [-0.05, 0) is 25.7 Å². The van der Waals surface area contributed by atoms with E-state index in [2.05, 4.69) is 48.3 Å². The Bertz CT molecular complexity index is 415. The molecule has 0 bridgehead atoms. The van der Waals surface area contributed by atoms with Crippen molar-refractivity contribution in [3.8, 4) is 0 Å². The summed E-state index contributed by atoms with van der Waals surface area (Å²) in [5, 5.41) is 7.74. The Morgan fingerprint density at radius 1 is 1.25 bits per heavy atom. The fourth-order valence-corrected chi connectivity index (χ4v) is 2.42. The predicted octanol–water partition coefficient (Wildman–Crippen LogP) is 3.48. The number of hydrogen-bond acceptors (Lipinski definition) is 3. The number of halogens is 1. The lowest BCUT2D eigenvalue weighted by molar-refractivity contribution is 0.377. The molecular formula is C14H27IN4S. The van der Waals surface area contributed by atoms with E-state index in [1.807, 2.05) is 6.92 Å². The van der Waals surface area contributed by atoms with Crippen LogP contribution in [0.2, 0.25) is 0 Å². The van der Waals surface area contributed by atoms with Crippen LogP contribution in [0.3, 0.4) is 0 Å². The Morgan fingerprint density at radius 2 is 1.90 bits per heavy atom. The molecular weight excluding hydrogens is 383 g/mol. The minimum absolute atomic E-state index is 0. The third-order valence-corrected chi connectivity index (χ3v) is 3.94. The summed E-state index contributed by atoms with van der Waals surface area (Å²) in [7, 11) is 1.80. The highest BCUT2D eigenvalue weighted by Crippen LogP contribution is 2.17. The second kappa shape index (κ2) is 8.81. The van der Waals surface area contributed by atoms with E-state index in [9.17, 15) is 0 Å². The van der Waals surface area contributed by atoms with Crippen molar-refractivity contribution in [3.63, 3.8) is 0 Å². The fraction of sp³-hybridized carbons (Fsp3) is 0.714. The first-order valence-electron chi connectivity index (χ1n) is 6.69. The smallest absolute Gasteiger partial charge is 0.191 e. The van der Waals surface area contributed by atoms with E-state index in [1.54, 1.807) is 18.4 Å². The van der Waals surface area contributed by atoms with Gasteiger partial charge in [-0.15, -0.1) is 35.3 Å². The summed E-state index contributed by atoms with van der Waals surface area (Å²) in [6, 6.07) is 0. The molecule has 1 heterocycles. The van der Waals surface area contributed by atoms with Crippen molar-refractivity contribution >= 4 is 41.3 Å². The Labute approximate surface area is 143 Å². The maximum atomic E-state index is 4.51. The quantitative estimate of drug-likeness (QED) is 0.454. The van der Waals surface area contributed by atoms with Crippen LogP contribution in [0, 0.1) is 19.3 Å². The molecule has 0 saturated heterocycles. The van der Waals surface area contributed by atoms with Crippen molar-refractivity contribution < 1.29 is 0 Å². The second-order valence-electron chi connectivity index (χ2n) is 5.91. The summed E-state index contributed by atoms with van der Waals surface area (Å²) in [5.41, 5.74) is 1.47. The van der Waals surface area contributed by atoms with Crippen molar-refractivity contribution in [2.45, 2.75) is 47.6 Å². The summed E-state index contributed by atoms with van der Waals surface area (Å²) >= 11 is 1.74. The number of aliphatic imine (C=N–C) groups is 1. The van der Waals surface area contributed by atoms with Gasteiger partial charge in [-0.25, -0.2) is 4.98 Å². The van der Waals surface area contributed by atoms with Crippen LogP contribution in [0.5, 0.6) is 0 Å². The molecule has 0 aromatic carbocycles. The summed E-state index contributed by atoms with van der Waals surface area (Å²) in [6.07, 6.45) is 1.11. The zero-order valence-electron chi connectivity index (χ0n) is 13.3. The van der Waals surface area contributed by atoms with Gasteiger partial charge in [0.2, 0.25) is 0 Å². The molecule has 0 unspecified atom stereocenters. The topological polar surface area (TPSA) is 49.3 Å². The molecule has 0 aliphatic carbocycles. The molecule has 0 atom stereocenters. The average molecular weight is 410 g/mol. The normalized spacial score (nSPS) is 12.0. The van der Waals surface area contributed by atoms with Crippen LogP contribution >= 0.6 is 35.3 Å². The Hall–Kier alpha value is -0.370. The summed E-state index contributed by atoms with van der Waals surface area (Å²) in [6.45, 7) is 12.5. The molecule has 0 fully saturated rings. The van der Waals surface area contributed by atoms with Crippen molar-refractivity contribution in [2.75, 3.05) is 13.6 Å². The maximum Gasteiger partial charge on any atom is 0.191 e. The molecule has 6 heteroatoms. The molecule has 0 radical (unpaired) electrons. The molecule has 0 aliphatic heterocycles. The highest BCUT2D eigenvalue weighted by atomic mass is 127. The number of thiazole rings is 1. The van der Waals surface area contributed by atoms with Crippen molar-refractivity contribution in [3.05, 3.63) is 15.6 Å². The molecule has 0 aliphatic rings. The number of hydrogen-bond donors (Lipinski definition) is 2. The number of nitrogens with zero attached hydrogens (tertiary/aromatic N) is 2. The third-order valence-electron chi connectivity index (χ3n) is 2.87. The van der Waals surface area contributed by atoms with E-state index >= 15 is 0 Å². The molecule has 20 heavy (non-hydrogen) atoms. The molecule has 116 valence electrons. The monoisotopic (exact) mass is 410 g/mol. The lowest BCUT2D eigenvalue weighted by Gasteiger charge is -2.19. The zero-order chi connectivity index (χ0) is 14.5. The number of aryl methyl sites for hydroxylation is 2. The lowest BCUT2D eigenvalue weighted by Crippen LogP contribution is -2.38. The van der Waals surface area contributed by atoms with E-state index in [4.69, 9.17) is 0 Å². The van der Waals surface area contributed by atoms with Gasteiger partial charge in [0.25, 0.3) is 0 Å². The molecule has 1 aromatic heterocycles. The van der Waals surface area contributed by atoms with E-state index < -0.39 is 0 Å². The number of aromatic nitrogens is 1. The highest BCUT2D eigenvalue weighted by molar-refractivity contribution is 14.0. The molecule has 1 rings (SSSR count). The Morgan fingerprint density at radius 3 is 2.35 bits per heavy atom. The predicted molar refractivity (Wildman–Crippen MR) is 99.3 cm³/mol. The first-order valence-corrected chi connectivity index (χ1v) is 7.51. The lowest BCUT2D eigenvalue weighted by atomic mass is 9.92. The molecule has 4 nitrogen and oxygen atoms in total. The molecule has 0 saturated carbocycles. The Kier molecular flexibility index (Phi) is 8.65. The minimum Gasteiger partial charge on any atom is -0.356 e. The van der Waals surface area contributed by atoms with Crippen molar-refractivity contribution in [1.29, 1.82) is 0 Å². The first-order chi connectivity index (χ1) is 8.81. The van der Waals surface area contributed by atoms with Crippen LogP contribution in [0.15, 0.2) is 4.99 Å². The average Bonchev–Trinajstić information content (AvgIpc) is 2.61. The highest BCUT2D eigenvalue weighted by Gasteiger charge is 2.10. The van der Waals surface area contributed by atoms with Crippen LogP contribution < -0.4 is 10.6 Å². The second-order valence-corrected chi connectivity index (χ2v) is 7.20. The molecule has 1 aromatic rings. The van der Waals surface area contributed by atoms with Gasteiger partial charge in [0.05, 0.1) is 12.2 Å². The summed E-state index contributed by atoms with van der Waals surface area (Å²) < 4.78 is 0. The Balaban J connectivity index is 0.00000361. The van der Waals surface area contributed by atoms with E-state index in [0.717, 1.165) is 36.2 Å². The molecule has 2 N–H and O–H groups in total. The standard InChI is InChI=1S/C14H26N4S.HI/c1-10-11(2)19-12(18-10)9-17-13(15-6)16-8-7-14(3,4)5;/h7-9H2,1-6H3,(H2,15,16,17);1H. The third kappa shape index (κ3) is 7.42. The zero-order valence-corrected chi connectivity index (χ0v) is 16.5. The van der Waals surface area contributed by atoms with E-state index in [-0.39, 0.29) is 24.0 Å². The van der Waals surface area contributed by atoms with Gasteiger partial charge in [0.15, 0.2) is 5.96 Å². The van der Waals surface area contributed by atoms with E-state index in [0.29, 0.717) is 5.41 Å². The van der Waals surface area contributed by atoms with Gasteiger partial charge < -0.3 is 10.6 Å². The van der Waals surface area contributed by atoms with Crippen LogP contribution in [0.25, 0.3) is 0 Å². The summed E-state index contributed by atoms with van der Waals surface area (Å²) in [4.78, 5) is 10.0. The number of guanidine groups is 1. The molecule has 0 spiro atoms. The largest absolute Gasteiger partial charge is 0.356 e. The molecule has 0 amide bonds.